The van der Waals surface area contributed by atoms with Gasteiger partial charge in [0, 0.05) is 44.2 Å². The Kier molecular flexibility index (Phi) is 5.42. The predicted molar refractivity (Wildman–Crippen MR) is 86.8 cm³/mol. The maximum atomic E-state index is 7.58. The zero-order valence-corrected chi connectivity index (χ0v) is 13.6. The maximum Gasteiger partial charge on any atom is 0.138 e. The molecular weight excluding hydrogens is 288 g/mol. The maximum absolute atomic E-state index is 7.58. The van der Waals surface area contributed by atoms with Gasteiger partial charge in [0.2, 0.25) is 0 Å². The molecule has 0 aliphatic carbocycles. The van der Waals surface area contributed by atoms with Gasteiger partial charge in [-0.25, -0.2) is 4.99 Å². The van der Waals surface area contributed by atoms with E-state index in [0.29, 0.717) is 17.0 Å². The van der Waals surface area contributed by atoms with Gasteiger partial charge in [-0.2, -0.15) is 0 Å². The zero-order valence-electron chi connectivity index (χ0n) is 12.8. The molecule has 0 unspecified atom stereocenters. The van der Waals surface area contributed by atoms with Crippen LogP contribution in [0.15, 0.2) is 28.3 Å². The van der Waals surface area contributed by atoms with Gasteiger partial charge in [-0.1, -0.05) is 25.4 Å². The normalized spacial score (nSPS) is 22.3. The first-order valence-corrected chi connectivity index (χ1v) is 7.69. The van der Waals surface area contributed by atoms with Crippen LogP contribution in [0.25, 0.3) is 0 Å². The Morgan fingerprint density at radius 2 is 2.19 bits per heavy atom. The molecule has 0 aromatic carbocycles. The van der Waals surface area contributed by atoms with Crippen LogP contribution in [0.2, 0.25) is 0 Å². The molecule has 21 heavy (non-hydrogen) atoms. The first kappa shape index (κ1) is 16.0. The van der Waals surface area contributed by atoms with Crippen LogP contribution < -0.4 is 5.32 Å². The van der Waals surface area contributed by atoms with Gasteiger partial charge in [-0.05, 0) is 18.8 Å². The topological polar surface area (TPSA) is 60.7 Å². The van der Waals surface area contributed by atoms with Crippen LogP contribution in [0.5, 0.6) is 0 Å². The molecule has 2 heterocycles. The molecule has 0 aromatic rings. The fourth-order valence-corrected chi connectivity index (χ4v) is 2.73. The van der Waals surface area contributed by atoms with E-state index >= 15 is 0 Å². The highest BCUT2D eigenvalue weighted by atomic mass is 35.5. The largest absolute Gasteiger partial charge is 0.381 e. The summed E-state index contributed by atoms with van der Waals surface area (Å²) in [5.41, 5.74) is 0.846. The summed E-state index contributed by atoms with van der Waals surface area (Å²) in [4.78, 5) is 6.52. The average Bonchev–Trinajstić information content (AvgIpc) is 2.47. The van der Waals surface area contributed by atoms with Crippen LogP contribution >= 0.6 is 11.6 Å². The van der Waals surface area contributed by atoms with Crippen LogP contribution in [0, 0.1) is 11.3 Å². The second-order valence-corrected chi connectivity index (χ2v) is 6.03. The third-order valence-electron chi connectivity index (χ3n) is 3.89. The Bertz CT molecular complexity index is 490. The first-order chi connectivity index (χ1) is 10.0. The lowest BCUT2D eigenvalue weighted by molar-refractivity contribution is 0.0511. The van der Waals surface area contributed by atoms with Gasteiger partial charge >= 0.3 is 0 Å². The minimum atomic E-state index is 0.214. The molecule has 0 saturated carbocycles. The van der Waals surface area contributed by atoms with Crippen LogP contribution in [0.3, 0.4) is 0 Å². The molecule has 116 valence electrons. The summed E-state index contributed by atoms with van der Waals surface area (Å²) in [5.74, 6) is 1.81. The molecule has 0 amide bonds. The summed E-state index contributed by atoms with van der Waals surface area (Å²) in [7, 11) is 2.06. The van der Waals surface area contributed by atoms with Crippen molar-refractivity contribution in [2.45, 2.75) is 32.7 Å². The van der Waals surface area contributed by atoms with Crippen LogP contribution in [0.1, 0.15) is 26.7 Å². The van der Waals surface area contributed by atoms with Crippen molar-refractivity contribution in [1.82, 2.24) is 10.2 Å². The highest BCUT2D eigenvalue weighted by molar-refractivity contribution is 6.68. The molecule has 2 rings (SSSR count). The fourth-order valence-electron chi connectivity index (χ4n) is 2.54. The van der Waals surface area contributed by atoms with Crippen molar-refractivity contribution < 1.29 is 4.74 Å². The van der Waals surface area contributed by atoms with Crippen molar-refractivity contribution in [3.05, 3.63) is 23.3 Å². The van der Waals surface area contributed by atoms with Crippen molar-refractivity contribution in [1.29, 1.82) is 5.41 Å². The van der Waals surface area contributed by atoms with E-state index in [1.54, 1.807) is 0 Å². The van der Waals surface area contributed by atoms with Gasteiger partial charge in [0.15, 0.2) is 0 Å². The van der Waals surface area contributed by atoms with Crippen molar-refractivity contribution in [2.24, 2.45) is 10.9 Å². The number of nitrogens with zero attached hydrogens (tertiary/aromatic N) is 2. The summed E-state index contributed by atoms with van der Waals surface area (Å²) < 4.78 is 5.41. The van der Waals surface area contributed by atoms with Crippen LogP contribution in [-0.4, -0.2) is 42.6 Å². The van der Waals surface area contributed by atoms with Crippen LogP contribution in [0.4, 0.5) is 0 Å². The van der Waals surface area contributed by atoms with Crippen molar-refractivity contribution in [3.63, 3.8) is 0 Å². The monoisotopic (exact) mass is 310 g/mol. The number of ether oxygens (including phenoxy) is 1. The average molecular weight is 311 g/mol. The van der Waals surface area contributed by atoms with Crippen molar-refractivity contribution >= 4 is 23.0 Å². The van der Waals surface area contributed by atoms with Crippen molar-refractivity contribution in [3.8, 4) is 0 Å². The second-order valence-electron chi connectivity index (χ2n) is 5.65. The Hall–Kier alpha value is -1.33. The highest BCUT2D eigenvalue weighted by Gasteiger charge is 2.23. The SMILES string of the molecule is CC(C)/C(C=N)=C1\N=C(Cl)C=C(N(C)C2CCOCC2)N1. The van der Waals surface area contributed by atoms with Gasteiger partial charge in [0.25, 0.3) is 0 Å². The number of hydrogen-bond acceptors (Lipinski definition) is 5. The molecule has 5 nitrogen and oxygen atoms in total. The lowest BCUT2D eigenvalue weighted by Crippen LogP contribution is -2.41. The van der Waals surface area contributed by atoms with Gasteiger partial charge < -0.3 is 20.4 Å². The molecule has 2 aliphatic heterocycles. The third-order valence-corrected chi connectivity index (χ3v) is 4.08. The molecule has 0 bridgehead atoms. The van der Waals surface area contributed by atoms with E-state index in [1.165, 1.54) is 6.21 Å². The quantitative estimate of drug-likeness (QED) is 0.785. The Labute approximate surface area is 131 Å². The minimum absolute atomic E-state index is 0.214. The highest BCUT2D eigenvalue weighted by Crippen LogP contribution is 2.22. The number of hydrogen-bond donors (Lipinski definition) is 2. The van der Waals surface area contributed by atoms with E-state index < -0.39 is 0 Å². The molecule has 0 spiro atoms. The van der Waals surface area contributed by atoms with E-state index in [-0.39, 0.29) is 5.92 Å². The van der Waals surface area contributed by atoms with E-state index in [4.69, 9.17) is 21.7 Å². The molecule has 1 saturated heterocycles. The number of halogens is 1. The molecule has 6 heteroatoms. The summed E-state index contributed by atoms with van der Waals surface area (Å²) in [6, 6.07) is 0.434. The molecule has 0 aromatic heterocycles. The standard InChI is InChI=1S/C15H23ClN4O/c1-10(2)12(9-17)15-18-13(16)8-14(19-15)20(3)11-4-6-21-7-5-11/h8-11,17,19H,4-7H2,1-3H3/b15-12+,17-9?. The number of nitrogens with one attached hydrogen (secondary N) is 2. The van der Waals surface area contributed by atoms with Gasteiger partial charge in [0.1, 0.15) is 16.8 Å². The lowest BCUT2D eigenvalue weighted by atomic mass is 10.0. The lowest BCUT2D eigenvalue weighted by Gasteiger charge is -2.36. The molecule has 0 atom stereocenters. The predicted octanol–water partition coefficient (Wildman–Crippen LogP) is 2.70. The van der Waals surface area contributed by atoms with E-state index in [2.05, 4.69) is 22.3 Å². The van der Waals surface area contributed by atoms with Gasteiger partial charge in [0.05, 0.1) is 0 Å². The summed E-state index contributed by atoms with van der Waals surface area (Å²) in [6.07, 6.45) is 5.19. The van der Waals surface area contributed by atoms with Gasteiger partial charge in [-0.3, -0.25) is 0 Å². The number of allylic oxidation sites excluding steroid dienone is 2. The smallest absolute Gasteiger partial charge is 0.138 e. The van der Waals surface area contributed by atoms with Crippen molar-refractivity contribution in [2.75, 3.05) is 20.3 Å². The molecule has 0 radical (unpaired) electrons. The van der Waals surface area contributed by atoms with E-state index in [1.807, 2.05) is 19.9 Å². The Morgan fingerprint density at radius 1 is 1.52 bits per heavy atom. The minimum Gasteiger partial charge on any atom is -0.381 e. The molecule has 2 N–H and O–H groups in total. The van der Waals surface area contributed by atoms with E-state index in [9.17, 15) is 0 Å². The molecular formula is C15H23ClN4O. The summed E-state index contributed by atoms with van der Waals surface area (Å²) in [5, 5.41) is 11.3. The molecule has 2 aliphatic rings. The van der Waals surface area contributed by atoms with Gasteiger partial charge in [-0.15, -0.1) is 0 Å². The number of rotatable bonds is 4. The third kappa shape index (κ3) is 3.86. The Balaban J connectivity index is 2.21. The zero-order chi connectivity index (χ0) is 15.4. The first-order valence-electron chi connectivity index (χ1n) is 7.31. The Morgan fingerprint density at radius 3 is 2.76 bits per heavy atom. The van der Waals surface area contributed by atoms with Crippen LogP contribution in [-0.2, 0) is 4.74 Å². The number of aliphatic imine (C=N–C) groups is 1. The van der Waals surface area contributed by atoms with E-state index in [0.717, 1.165) is 37.4 Å². The molecule has 1 fully saturated rings. The fraction of sp³-hybridized carbons (Fsp3) is 0.600. The second kappa shape index (κ2) is 7.09. The summed E-state index contributed by atoms with van der Waals surface area (Å²) >= 11 is 6.17. The summed E-state index contributed by atoms with van der Waals surface area (Å²) in [6.45, 7) is 5.67.